The molecule has 1 aromatic heterocycles. The molecule has 0 fully saturated rings. The van der Waals surface area contributed by atoms with Crippen LogP contribution in [0, 0.1) is 0 Å². The summed E-state index contributed by atoms with van der Waals surface area (Å²) in [4.78, 5) is 1.36. The molecule has 0 amide bonds. The maximum Gasteiger partial charge on any atom is 0.125 e. The first kappa shape index (κ1) is 12.7. The van der Waals surface area contributed by atoms with Crippen LogP contribution in [0.3, 0.4) is 0 Å². The Bertz CT molecular complexity index is 562. The molecule has 0 radical (unpaired) electrons. The topological polar surface area (TPSA) is 21.3 Å². The quantitative estimate of drug-likeness (QED) is 0.899. The lowest BCUT2D eigenvalue weighted by Crippen LogP contribution is -2.40. The molecule has 1 N–H and O–H groups in total. The molecule has 2 nitrogen and oxygen atoms in total. The number of para-hydroxylation sites is 1. The van der Waals surface area contributed by atoms with E-state index in [1.807, 2.05) is 6.07 Å². The van der Waals surface area contributed by atoms with Crippen LogP contribution in [0.15, 0.2) is 41.8 Å². The molecule has 0 saturated carbocycles. The molecular weight excluding hydrogens is 254 g/mol. The van der Waals surface area contributed by atoms with E-state index in [0.29, 0.717) is 6.04 Å². The van der Waals surface area contributed by atoms with Crippen molar-refractivity contribution in [1.29, 1.82) is 0 Å². The Kier molecular flexibility index (Phi) is 3.11. The summed E-state index contributed by atoms with van der Waals surface area (Å²) in [6.07, 6.45) is 0. The van der Waals surface area contributed by atoms with Crippen molar-refractivity contribution in [2.75, 3.05) is 0 Å². The van der Waals surface area contributed by atoms with E-state index in [1.54, 1.807) is 11.3 Å². The summed E-state index contributed by atoms with van der Waals surface area (Å²) in [6.45, 7) is 6.50. The van der Waals surface area contributed by atoms with Gasteiger partial charge in [-0.15, -0.1) is 11.3 Å². The summed E-state index contributed by atoms with van der Waals surface area (Å²) >= 11 is 1.79. The van der Waals surface area contributed by atoms with Gasteiger partial charge in [-0.2, -0.15) is 0 Å². The predicted octanol–water partition coefficient (Wildman–Crippen LogP) is 4.31. The molecular formula is C16H19NOS. The molecule has 3 rings (SSSR count). The largest absolute Gasteiger partial charge is 0.486 e. The van der Waals surface area contributed by atoms with Crippen LogP contribution in [0.25, 0.3) is 0 Å². The van der Waals surface area contributed by atoms with Gasteiger partial charge in [0, 0.05) is 16.5 Å². The van der Waals surface area contributed by atoms with Crippen LogP contribution in [0.4, 0.5) is 0 Å². The summed E-state index contributed by atoms with van der Waals surface area (Å²) in [5, 5.41) is 5.84. The number of benzene rings is 1. The van der Waals surface area contributed by atoms with Crippen molar-refractivity contribution in [1.82, 2.24) is 5.32 Å². The summed E-state index contributed by atoms with van der Waals surface area (Å²) in [6, 6.07) is 13.1. The van der Waals surface area contributed by atoms with Crippen LogP contribution in [-0.2, 0) is 0 Å². The lowest BCUT2D eigenvalue weighted by Gasteiger charge is -2.29. The molecule has 0 bridgehead atoms. The third-order valence-corrected chi connectivity index (χ3v) is 4.74. The number of rotatable bonds is 3. The molecule has 2 aromatic rings. The minimum Gasteiger partial charge on any atom is -0.486 e. The molecule has 19 heavy (non-hydrogen) atoms. The van der Waals surface area contributed by atoms with Gasteiger partial charge in [-0.3, -0.25) is 5.32 Å². The number of ether oxygens (including phenoxy) is 1. The van der Waals surface area contributed by atoms with Crippen molar-refractivity contribution >= 4 is 11.3 Å². The Balaban J connectivity index is 1.87. The average molecular weight is 273 g/mol. The van der Waals surface area contributed by atoms with Crippen molar-refractivity contribution < 1.29 is 4.74 Å². The fourth-order valence-corrected chi connectivity index (χ4v) is 3.43. The molecule has 2 unspecified atom stereocenters. The maximum atomic E-state index is 6.07. The van der Waals surface area contributed by atoms with Crippen LogP contribution in [0.5, 0.6) is 5.75 Å². The van der Waals surface area contributed by atoms with E-state index in [0.717, 1.165) is 5.75 Å². The normalized spacial score (nSPS) is 21.7. The summed E-state index contributed by atoms with van der Waals surface area (Å²) in [5.74, 6) is 1.00. The lowest BCUT2D eigenvalue weighted by molar-refractivity contribution is 0.0921. The van der Waals surface area contributed by atoms with Gasteiger partial charge in [0.25, 0.3) is 0 Å². The Morgan fingerprint density at radius 3 is 2.74 bits per heavy atom. The highest BCUT2D eigenvalue weighted by Gasteiger charge is 2.41. The SMILES string of the molecule is CC(NC1c2ccccc2OC1(C)C)c1cccs1. The van der Waals surface area contributed by atoms with Gasteiger partial charge in [-0.25, -0.2) is 0 Å². The van der Waals surface area contributed by atoms with Crippen molar-refractivity contribution in [2.45, 2.75) is 38.5 Å². The van der Waals surface area contributed by atoms with Crippen LogP contribution in [-0.4, -0.2) is 5.60 Å². The smallest absolute Gasteiger partial charge is 0.125 e. The number of hydrogen-bond acceptors (Lipinski definition) is 3. The number of nitrogens with one attached hydrogen (secondary N) is 1. The van der Waals surface area contributed by atoms with Crippen LogP contribution in [0.2, 0.25) is 0 Å². The zero-order valence-electron chi connectivity index (χ0n) is 11.5. The van der Waals surface area contributed by atoms with Gasteiger partial charge in [-0.05, 0) is 38.3 Å². The zero-order valence-corrected chi connectivity index (χ0v) is 12.3. The van der Waals surface area contributed by atoms with Gasteiger partial charge >= 0.3 is 0 Å². The number of hydrogen-bond donors (Lipinski definition) is 1. The van der Waals surface area contributed by atoms with Gasteiger partial charge in [0.15, 0.2) is 0 Å². The van der Waals surface area contributed by atoms with Crippen LogP contribution in [0.1, 0.15) is 43.3 Å². The fourth-order valence-electron chi connectivity index (χ4n) is 2.69. The monoisotopic (exact) mass is 273 g/mol. The Labute approximate surface area is 118 Å². The third kappa shape index (κ3) is 2.28. The van der Waals surface area contributed by atoms with E-state index < -0.39 is 0 Å². The van der Waals surface area contributed by atoms with E-state index >= 15 is 0 Å². The minimum absolute atomic E-state index is 0.213. The van der Waals surface area contributed by atoms with Crippen LogP contribution >= 0.6 is 11.3 Å². The summed E-state index contributed by atoms with van der Waals surface area (Å²) in [5.41, 5.74) is 1.05. The van der Waals surface area contributed by atoms with Crippen molar-refractivity contribution in [3.8, 4) is 5.75 Å². The van der Waals surface area contributed by atoms with Gasteiger partial charge in [0.05, 0.1) is 6.04 Å². The van der Waals surface area contributed by atoms with Crippen molar-refractivity contribution in [3.63, 3.8) is 0 Å². The van der Waals surface area contributed by atoms with E-state index in [1.165, 1.54) is 10.4 Å². The molecule has 0 aliphatic carbocycles. The molecule has 0 saturated heterocycles. The second kappa shape index (κ2) is 4.66. The van der Waals surface area contributed by atoms with E-state index in [-0.39, 0.29) is 11.6 Å². The molecule has 2 atom stereocenters. The third-order valence-electron chi connectivity index (χ3n) is 3.68. The minimum atomic E-state index is -0.213. The predicted molar refractivity (Wildman–Crippen MR) is 79.8 cm³/mol. The number of thiophene rings is 1. The van der Waals surface area contributed by atoms with Crippen molar-refractivity contribution in [2.24, 2.45) is 0 Å². The second-order valence-electron chi connectivity index (χ2n) is 5.58. The molecule has 100 valence electrons. The van der Waals surface area contributed by atoms with Crippen LogP contribution < -0.4 is 10.1 Å². The highest BCUT2D eigenvalue weighted by Crippen LogP contribution is 2.43. The molecule has 1 aromatic carbocycles. The Hall–Kier alpha value is -1.32. The average Bonchev–Trinajstić information content (AvgIpc) is 2.96. The Morgan fingerprint density at radius 1 is 1.21 bits per heavy atom. The fraction of sp³-hybridized carbons (Fsp3) is 0.375. The van der Waals surface area contributed by atoms with Gasteiger partial charge in [-0.1, -0.05) is 24.3 Å². The second-order valence-corrected chi connectivity index (χ2v) is 6.56. The summed E-state index contributed by atoms with van der Waals surface area (Å²) in [7, 11) is 0. The Morgan fingerprint density at radius 2 is 2.00 bits per heavy atom. The molecule has 1 aliphatic rings. The van der Waals surface area contributed by atoms with E-state index in [2.05, 4.69) is 61.8 Å². The van der Waals surface area contributed by atoms with Gasteiger partial charge in [0.2, 0.25) is 0 Å². The summed E-state index contributed by atoms with van der Waals surface area (Å²) < 4.78 is 6.07. The maximum absolute atomic E-state index is 6.07. The highest BCUT2D eigenvalue weighted by atomic mass is 32.1. The molecule has 2 heterocycles. The molecule has 0 spiro atoms. The van der Waals surface area contributed by atoms with Gasteiger partial charge in [0.1, 0.15) is 11.4 Å². The molecule has 3 heteroatoms. The lowest BCUT2D eigenvalue weighted by atomic mass is 9.93. The highest BCUT2D eigenvalue weighted by molar-refractivity contribution is 7.10. The van der Waals surface area contributed by atoms with E-state index in [9.17, 15) is 0 Å². The van der Waals surface area contributed by atoms with Gasteiger partial charge < -0.3 is 4.74 Å². The van der Waals surface area contributed by atoms with Crippen molar-refractivity contribution in [3.05, 3.63) is 52.2 Å². The number of fused-ring (bicyclic) bond motifs is 1. The van der Waals surface area contributed by atoms with E-state index in [4.69, 9.17) is 4.74 Å². The standard InChI is InChI=1S/C16H19NOS/c1-11(14-9-6-10-19-14)17-15-12-7-4-5-8-13(12)18-16(15,2)3/h4-11,15,17H,1-3H3. The molecule has 1 aliphatic heterocycles. The first-order valence-electron chi connectivity index (χ1n) is 6.65. The first-order valence-corrected chi connectivity index (χ1v) is 7.53. The zero-order chi connectivity index (χ0) is 13.5. The first-order chi connectivity index (χ1) is 9.08.